The molecule has 1 saturated carbocycles. The Morgan fingerprint density at radius 3 is 2.19 bits per heavy atom. The third-order valence-corrected chi connectivity index (χ3v) is 6.21. The van der Waals surface area contributed by atoms with Crippen LogP contribution in [0.4, 0.5) is 0 Å². The van der Waals surface area contributed by atoms with E-state index in [0.717, 1.165) is 5.56 Å². The van der Waals surface area contributed by atoms with Gasteiger partial charge in [0.05, 0.1) is 11.5 Å². The molecule has 2 aromatic carbocycles. The van der Waals surface area contributed by atoms with Gasteiger partial charge in [0.1, 0.15) is 5.75 Å². The molecule has 0 aliphatic heterocycles. The number of nitrogens with one attached hydrogen (secondary N) is 1. The monoisotopic (exact) mass is 437 g/mol. The minimum absolute atomic E-state index is 0.00103. The number of ketones is 1. The zero-order valence-corrected chi connectivity index (χ0v) is 18.7. The predicted molar refractivity (Wildman–Crippen MR) is 122 cm³/mol. The molecule has 2 aromatic rings. The molecule has 0 aromatic heterocycles. The number of carboxylic acid groups (broad SMARTS) is 1. The zero-order valence-electron chi connectivity index (χ0n) is 18.7. The minimum atomic E-state index is -0.742. The number of ether oxygens (including phenoxy) is 1. The molecule has 6 nitrogen and oxygen atoms in total. The van der Waals surface area contributed by atoms with Crippen LogP contribution >= 0.6 is 0 Å². The number of benzene rings is 2. The van der Waals surface area contributed by atoms with Gasteiger partial charge in [0.25, 0.3) is 5.91 Å². The van der Waals surface area contributed by atoms with Crippen molar-refractivity contribution < 1.29 is 24.2 Å². The van der Waals surface area contributed by atoms with E-state index in [-0.39, 0.29) is 17.8 Å². The number of aryl methyl sites for hydroxylation is 1. The highest BCUT2D eigenvalue weighted by Crippen LogP contribution is 2.37. The molecule has 0 radical (unpaired) electrons. The van der Waals surface area contributed by atoms with E-state index in [1.54, 1.807) is 43.3 Å². The van der Waals surface area contributed by atoms with Gasteiger partial charge in [-0.1, -0.05) is 17.7 Å². The molecule has 1 aliphatic carbocycles. The number of Topliss-reactive ketones (excluding diaryl/α,β-unsaturated/α-hetero) is 1. The molecular weight excluding hydrogens is 406 g/mol. The highest BCUT2D eigenvalue weighted by molar-refractivity contribution is 5.96. The van der Waals surface area contributed by atoms with E-state index < -0.39 is 11.4 Å². The molecule has 32 heavy (non-hydrogen) atoms. The van der Waals surface area contributed by atoms with Crippen LogP contribution < -0.4 is 10.1 Å². The fourth-order valence-corrected chi connectivity index (χ4v) is 3.87. The number of hydrogen-bond acceptors (Lipinski definition) is 4. The average molecular weight is 438 g/mol. The third kappa shape index (κ3) is 6.19. The molecule has 6 heteroatoms. The first-order valence-electron chi connectivity index (χ1n) is 11.1. The molecule has 1 amide bonds. The van der Waals surface area contributed by atoms with Gasteiger partial charge in [-0.05, 0) is 82.3 Å². The highest BCUT2D eigenvalue weighted by atomic mass is 16.5. The molecule has 0 bridgehead atoms. The molecule has 170 valence electrons. The summed E-state index contributed by atoms with van der Waals surface area (Å²) in [5.41, 5.74) is 1.67. The summed E-state index contributed by atoms with van der Waals surface area (Å²) in [5.74, 6) is -0.161. The Hall–Kier alpha value is -3.15. The van der Waals surface area contributed by atoms with E-state index in [9.17, 15) is 19.5 Å². The van der Waals surface area contributed by atoms with Gasteiger partial charge in [0.15, 0.2) is 5.78 Å². The average Bonchev–Trinajstić information content (AvgIpc) is 2.79. The molecule has 2 N–H and O–H groups in total. The topological polar surface area (TPSA) is 92.7 Å². The van der Waals surface area contributed by atoms with E-state index in [1.165, 1.54) is 0 Å². The van der Waals surface area contributed by atoms with E-state index in [0.29, 0.717) is 61.9 Å². The lowest BCUT2D eigenvalue weighted by Gasteiger charge is -2.33. The molecule has 1 aliphatic rings. The summed E-state index contributed by atoms with van der Waals surface area (Å²) in [6.45, 7) is 4.20. The van der Waals surface area contributed by atoms with Crippen molar-refractivity contribution in [3.63, 3.8) is 0 Å². The van der Waals surface area contributed by atoms with Crippen LogP contribution in [0.3, 0.4) is 0 Å². The molecule has 1 fully saturated rings. The van der Waals surface area contributed by atoms with Crippen molar-refractivity contribution >= 4 is 17.7 Å². The summed E-state index contributed by atoms with van der Waals surface area (Å²) in [4.78, 5) is 35.9. The van der Waals surface area contributed by atoms with Gasteiger partial charge in [0, 0.05) is 24.1 Å². The summed E-state index contributed by atoms with van der Waals surface area (Å²) in [5, 5.41) is 12.2. The predicted octanol–water partition coefficient (Wildman–Crippen LogP) is 4.80. The number of hydrogen-bond donors (Lipinski definition) is 2. The Kier molecular flexibility index (Phi) is 7.67. The quantitative estimate of drug-likeness (QED) is 0.434. The van der Waals surface area contributed by atoms with Crippen molar-refractivity contribution in [1.82, 2.24) is 5.32 Å². The van der Waals surface area contributed by atoms with Crippen molar-refractivity contribution in [2.24, 2.45) is 5.41 Å². The smallest absolute Gasteiger partial charge is 0.309 e. The van der Waals surface area contributed by atoms with Crippen LogP contribution in [0.25, 0.3) is 0 Å². The first-order chi connectivity index (χ1) is 15.3. The van der Waals surface area contributed by atoms with Gasteiger partial charge in [-0.2, -0.15) is 0 Å². The van der Waals surface area contributed by atoms with Crippen LogP contribution in [0.15, 0.2) is 48.5 Å². The largest absolute Gasteiger partial charge is 0.490 e. The normalized spacial score (nSPS) is 20.4. The zero-order chi connectivity index (χ0) is 23.1. The van der Waals surface area contributed by atoms with Gasteiger partial charge >= 0.3 is 5.97 Å². The number of aliphatic carboxylic acids is 1. The van der Waals surface area contributed by atoms with Crippen LogP contribution in [0.1, 0.15) is 71.7 Å². The lowest BCUT2D eigenvalue weighted by molar-refractivity contribution is -0.150. The van der Waals surface area contributed by atoms with Gasteiger partial charge in [0.2, 0.25) is 0 Å². The summed E-state index contributed by atoms with van der Waals surface area (Å²) >= 11 is 0. The van der Waals surface area contributed by atoms with E-state index in [2.05, 4.69) is 5.32 Å². The maximum Gasteiger partial charge on any atom is 0.309 e. The highest BCUT2D eigenvalue weighted by Gasteiger charge is 2.38. The first-order valence-corrected chi connectivity index (χ1v) is 11.1. The Balaban J connectivity index is 1.40. The number of carboxylic acids is 1. The lowest BCUT2D eigenvalue weighted by atomic mass is 9.75. The number of carbonyl (C=O) groups excluding carboxylic acids is 2. The SMILES string of the molecule is Cc1ccc(C(=O)NCCCC(=O)c2ccc(OC3CCC(C)(C(=O)O)CC3)cc2)cc1. The molecular formula is C26H31NO5. The van der Waals surface area contributed by atoms with Crippen LogP contribution in [0.5, 0.6) is 5.75 Å². The summed E-state index contributed by atoms with van der Waals surface area (Å²) < 4.78 is 5.99. The molecule has 0 unspecified atom stereocenters. The maximum absolute atomic E-state index is 12.4. The van der Waals surface area contributed by atoms with Gasteiger partial charge in [-0.25, -0.2) is 0 Å². The lowest BCUT2D eigenvalue weighted by Crippen LogP contribution is -2.36. The van der Waals surface area contributed by atoms with Crippen LogP contribution in [0.2, 0.25) is 0 Å². The summed E-state index contributed by atoms with van der Waals surface area (Å²) in [6, 6.07) is 14.5. The maximum atomic E-state index is 12.4. The van der Waals surface area contributed by atoms with Gasteiger partial charge < -0.3 is 15.2 Å². The second-order valence-corrected chi connectivity index (χ2v) is 8.86. The van der Waals surface area contributed by atoms with Crippen molar-refractivity contribution in [3.05, 3.63) is 65.2 Å². The molecule has 3 rings (SSSR count). The fraction of sp³-hybridized carbons (Fsp3) is 0.423. The van der Waals surface area contributed by atoms with Crippen molar-refractivity contribution in [2.45, 2.75) is 58.5 Å². The third-order valence-electron chi connectivity index (χ3n) is 6.21. The minimum Gasteiger partial charge on any atom is -0.490 e. The van der Waals surface area contributed by atoms with Gasteiger partial charge in [-0.15, -0.1) is 0 Å². The molecule has 0 saturated heterocycles. The van der Waals surface area contributed by atoms with Crippen LogP contribution in [-0.2, 0) is 4.79 Å². The van der Waals surface area contributed by atoms with E-state index >= 15 is 0 Å². The van der Waals surface area contributed by atoms with Crippen molar-refractivity contribution in [2.75, 3.05) is 6.54 Å². The Labute approximate surface area is 189 Å². The Morgan fingerprint density at radius 2 is 1.59 bits per heavy atom. The second-order valence-electron chi connectivity index (χ2n) is 8.86. The van der Waals surface area contributed by atoms with E-state index in [4.69, 9.17) is 4.74 Å². The first kappa shape index (κ1) is 23.5. The van der Waals surface area contributed by atoms with E-state index in [1.807, 2.05) is 19.1 Å². The standard InChI is InChI=1S/C26H31NO5/c1-18-5-7-20(8-6-18)24(29)27-17-3-4-23(28)19-9-11-21(12-10-19)32-22-13-15-26(2,16-14-22)25(30)31/h5-12,22H,3-4,13-17H2,1-2H3,(H,27,29)(H,30,31). The van der Waals surface area contributed by atoms with Crippen molar-refractivity contribution in [1.29, 1.82) is 0 Å². The van der Waals surface area contributed by atoms with Gasteiger partial charge in [-0.3, -0.25) is 14.4 Å². The van der Waals surface area contributed by atoms with Crippen LogP contribution in [0, 0.1) is 12.3 Å². The number of amides is 1. The molecule has 0 spiro atoms. The Morgan fingerprint density at radius 1 is 1.00 bits per heavy atom. The van der Waals surface area contributed by atoms with Crippen LogP contribution in [-0.4, -0.2) is 35.4 Å². The second kappa shape index (κ2) is 10.4. The number of carbonyl (C=O) groups is 3. The molecule has 0 atom stereocenters. The fourth-order valence-electron chi connectivity index (χ4n) is 3.87. The van der Waals surface area contributed by atoms with Crippen molar-refractivity contribution in [3.8, 4) is 5.75 Å². The molecule has 0 heterocycles. The number of rotatable bonds is 9. The Bertz CT molecular complexity index is 941. The summed E-state index contributed by atoms with van der Waals surface area (Å²) in [6.07, 6.45) is 3.54. The summed E-state index contributed by atoms with van der Waals surface area (Å²) in [7, 11) is 0.